The van der Waals surface area contributed by atoms with Crippen LogP contribution in [0.4, 0.5) is 10.5 Å². The molecule has 22 heavy (non-hydrogen) atoms. The maximum atomic E-state index is 12.0. The summed E-state index contributed by atoms with van der Waals surface area (Å²) in [7, 11) is 3.07. The van der Waals surface area contributed by atoms with Gasteiger partial charge in [-0.2, -0.15) is 0 Å². The zero-order chi connectivity index (χ0) is 16.9. The zero-order valence-electron chi connectivity index (χ0n) is 14.1. The number of amides is 1. The van der Waals surface area contributed by atoms with Crippen molar-refractivity contribution in [3.05, 3.63) is 17.7 Å². The van der Waals surface area contributed by atoms with Crippen molar-refractivity contribution in [1.29, 1.82) is 0 Å². The smallest absolute Gasteiger partial charge is 0.412 e. The van der Waals surface area contributed by atoms with Crippen molar-refractivity contribution in [2.24, 2.45) is 5.73 Å². The monoisotopic (exact) mass is 310 g/mol. The van der Waals surface area contributed by atoms with E-state index in [1.54, 1.807) is 27.9 Å². The molecule has 1 rings (SSSR count). The Hall–Kier alpha value is -1.95. The molecular formula is C16H26N2O4. The van der Waals surface area contributed by atoms with Crippen LogP contribution in [-0.4, -0.2) is 32.5 Å². The molecule has 0 fully saturated rings. The number of ether oxygens (including phenoxy) is 3. The number of carbonyl (C=O) groups excluding carboxylic acids is 1. The summed E-state index contributed by atoms with van der Waals surface area (Å²) in [5, 5.41) is 2.71. The molecular weight excluding hydrogens is 284 g/mol. The minimum absolute atomic E-state index is 0.124. The molecule has 124 valence electrons. The Kier molecular flexibility index (Phi) is 6.05. The van der Waals surface area contributed by atoms with Crippen molar-refractivity contribution < 1.29 is 19.0 Å². The Morgan fingerprint density at radius 3 is 2.36 bits per heavy atom. The van der Waals surface area contributed by atoms with Crippen LogP contribution in [0.15, 0.2) is 12.1 Å². The topological polar surface area (TPSA) is 82.8 Å². The molecule has 0 heterocycles. The fraction of sp³-hybridized carbons (Fsp3) is 0.562. The quantitative estimate of drug-likeness (QED) is 0.873. The van der Waals surface area contributed by atoms with Gasteiger partial charge in [0.15, 0.2) is 11.5 Å². The first-order valence-electron chi connectivity index (χ1n) is 7.17. The van der Waals surface area contributed by atoms with E-state index >= 15 is 0 Å². The van der Waals surface area contributed by atoms with Gasteiger partial charge in [-0.1, -0.05) is 6.92 Å². The SMILES string of the molecule is COc1cc(C(C)CN)cc(NC(=O)OC(C)(C)C)c1OC. The van der Waals surface area contributed by atoms with Crippen LogP contribution in [0.25, 0.3) is 0 Å². The number of methoxy groups -OCH3 is 2. The summed E-state index contributed by atoms with van der Waals surface area (Å²) < 4.78 is 15.9. The van der Waals surface area contributed by atoms with E-state index in [1.165, 1.54) is 7.11 Å². The van der Waals surface area contributed by atoms with Gasteiger partial charge in [-0.25, -0.2) is 4.79 Å². The summed E-state index contributed by atoms with van der Waals surface area (Å²) in [5.41, 5.74) is 6.58. The number of anilines is 1. The van der Waals surface area contributed by atoms with Crippen molar-refractivity contribution in [3.8, 4) is 11.5 Å². The number of rotatable bonds is 5. The van der Waals surface area contributed by atoms with Crippen LogP contribution in [0.5, 0.6) is 11.5 Å². The number of hydrogen-bond donors (Lipinski definition) is 2. The highest BCUT2D eigenvalue weighted by Gasteiger charge is 2.20. The third-order valence-electron chi connectivity index (χ3n) is 3.06. The molecule has 0 radical (unpaired) electrons. The Labute approximate surface area is 131 Å². The molecule has 1 aromatic rings. The second-order valence-electron chi connectivity index (χ2n) is 6.07. The first kappa shape index (κ1) is 18.1. The molecule has 0 spiro atoms. The Balaban J connectivity index is 3.17. The molecule has 0 aliphatic rings. The highest BCUT2D eigenvalue weighted by atomic mass is 16.6. The van der Waals surface area contributed by atoms with Crippen LogP contribution in [0.1, 0.15) is 39.2 Å². The average molecular weight is 310 g/mol. The maximum Gasteiger partial charge on any atom is 0.412 e. The molecule has 0 bridgehead atoms. The van der Waals surface area contributed by atoms with Crippen molar-refractivity contribution in [3.63, 3.8) is 0 Å². The lowest BCUT2D eigenvalue weighted by Crippen LogP contribution is -2.27. The van der Waals surface area contributed by atoms with E-state index in [0.717, 1.165) is 5.56 Å². The number of nitrogens with two attached hydrogens (primary N) is 1. The van der Waals surface area contributed by atoms with Gasteiger partial charge in [0.2, 0.25) is 0 Å². The molecule has 0 saturated carbocycles. The van der Waals surface area contributed by atoms with Crippen LogP contribution in [0, 0.1) is 0 Å². The lowest BCUT2D eigenvalue weighted by Gasteiger charge is -2.22. The predicted molar refractivity (Wildman–Crippen MR) is 86.9 cm³/mol. The van der Waals surface area contributed by atoms with Gasteiger partial charge in [0.05, 0.1) is 19.9 Å². The van der Waals surface area contributed by atoms with Gasteiger partial charge in [-0.05, 0) is 50.9 Å². The minimum Gasteiger partial charge on any atom is -0.493 e. The van der Waals surface area contributed by atoms with Crippen molar-refractivity contribution in [1.82, 2.24) is 0 Å². The van der Waals surface area contributed by atoms with Gasteiger partial charge in [-0.3, -0.25) is 5.32 Å². The van der Waals surface area contributed by atoms with Crippen LogP contribution in [-0.2, 0) is 4.74 Å². The predicted octanol–water partition coefficient (Wildman–Crippen LogP) is 3.11. The molecule has 0 aliphatic heterocycles. The molecule has 1 amide bonds. The van der Waals surface area contributed by atoms with Crippen LogP contribution in [0.3, 0.4) is 0 Å². The first-order valence-corrected chi connectivity index (χ1v) is 7.17. The van der Waals surface area contributed by atoms with E-state index in [9.17, 15) is 4.79 Å². The van der Waals surface area contributed by atoms with E-state index in [2.05, 4.69) is 5.32 Å². The molecule has 3 N–H and O–H groups in total. The maximum absolute atomic E-state index is 12.0. The zero-order valence-corrected chi connectivity index (χ0v) is 14.1. The minimum atomic E-state index is -0.580. The highest BCUT2D eigenvalue weighted by molar-refractivity contribution is 5.88. The molecule has 0 saturated heterocycles. The molecule has 1 unspecified atom stereocenters. The third kappa shape index (κ3) is 4.80. The van der Waals surface area contributed by atoms with Gasteiger partial charge in [0, 0.05) is 0 Å². The number of carbonyl (C=O) groups is 1. The normalized spacial score (nSPS) is 12.5. The van der Waals surface area contributed by atoms with Crippen LogP contribution < -0.4 is 20.5 Å². The summed E-state index contributed by atoms with van der Waals surface area (Å²) in [4.78, 5) is 12.0. The van der Waals surface area contributed by atoms with Gasteiger partial charge >= 0.3 is 6.09 Å². The van der Waals surface area contributed by atoms with Crippen molar-refractivity contribution >= 4 is 11.8 Å². The van der Waals surface area contributed by atoms with Gasteiger partial charge in [0.25, 0.3) is 0 Å². The lowest BCUT2D eigenvalue weighted by molar-refractivity contribution is 0.0635. The van der Waals surface area contributed by atoms with Gasteiger partial charge < -0.3 is 19.9 Å². The highest BCUT2D eigenvalue weighted by Crippen LogP contribution is 2.38. The second kappa shape index (κ2) is 7.35. The molecule has 0 aromatic heterocycles. The summed E-state index contributed by atoms with van der Waals surface area (Å²) >= 11 is 0. The number of benzene rings is 1. The lowest BCUT2D eigenvalue weighted by atomic mass is 10.00. The summed E-state index contributed by atoms with van der Waals surface area (Å²) in [6.07, 6.45) is -0.551. The molecule has 6 heteroatoms. The number of hydrogen-bond acceptors (Lipinski definition) is 5. The van der Waals surface area contributed by atoms with E-state index in [0.29, 0.717) is 23.7 Å². The van der Waals surface area contributed by atoms with E-state index < -0.39 is 11.7 Å². The van der Waals surface area contributed by atoms with Crippen molar-refractivity contribution in [2.75, 3.05) is 26.1 Å². The van der Waals surface area contributed by atoms with Crippen LogP contribution in [0.2, 0.25) is 0 Å². The summed E-state index contributed by atoms with van der Waals surface area (Å²) in [6.45, 7) is 7.89. The van der Waals surface area contributed by atoms with Gasteiger partial charge in [0.1, 0.15) is 5.60 Å². The first-order chi connectivity index (χ1) is 10.2. The standard InChI is InChI=1S/C16H26N2O4/c1-10(9-17)11-7-12(14(21-6)13(8-11)20-5)18-15(19)22-16(2,3)4/h7-8,10H,9,17H2,1-6H3,(H,18,19). The summed E-state index contributed by atoms with van der Waals surface area (Å²) in [6, 6.07) is 3.68. The number of nitrogens with one attached hydrogen (secondary N) is 1. The van der Waals surface area contributed by atoms with E-state index in [-0.39, 0.29) is 5.92 Å². The largest absolute Gasteiger partial charge is 0.493 e. The molecule has 1 atom stereocenters. The van der Waals surface area contributed by atoms with Gasteiger partial charge in [-0.15, -0.1) is 0 Å². The fourth-order valence-corrected chi connectivity index (χ4v) is 1.91. The summed E-state index contributed by atoms with van der Waals surface area (Å²) in [5.74, 6) is 1.10. The van der Waals surface area contributed by atoms with Crippen molar-refractivity contribution in [2.45, 2.75) is 39.2 Å². The molecule has 6 nitrogen and oxygen atoms in total. The molecule has 1 aromatic carbocycles. The average Bonchev–Trinajstić information content (AvgIpc) is 2.43. The third-order valence-corrected chi connectivity index (χ3v) is 3.06. The van der Waals surface area contributed by atoms with E-state index in [4.69, 9.17) is 19.9 Å². The Morgan fingerprint density at radius 1 is 1.27 bits per heavy atom. The van der Waals surface area contributed by atoms with E-state index in [1.807, 2.05) is 19.1 Å². The Morgan fingerprint density at radius 2 is 1.91 bits per heavy atom. The second-order valence-corrected chi connectivity index (χ2v) is 6.07. The fourth-order valence-electron chi connectivity index (χ4n) is 1.91. The Bertz CT molecular complexity index is 524. The van der Waals surface area contributed by atoms with Crippen LogP contribution >= 0.6 is 0 Å². The molecule has 0 aliphatic carbocycles.